The smallest absolute Gasteiger partial charge is 0.337 e. The Kier molecular flexibility index (Phi) is 6.95. The quantitative estimate of drug-likeness (QED) is 0.390. The van der Waals surface area contributed by atoms with E-state index in [-0.39, 0.29) is 0 Å². The second-order valence-corrected chi connectivity index (χ2v) is 10.4. The van der Waals surface area contributed by atoms with Crippen LogP contribution in [0.2, 0.25) is 0 Å². The maximum absolute atomic E-state index is 12.5. The number of carboxylic acid groups (broad SMARTS) is 1. The summed E-state index contributed by atoms with van der Waals surface area (Å²) in [6.07, 6.45) is -1.15. The summed E-state index contributed by atoms with van der Waals surface area (Å²) in [4.78, 5) is 12.5. The molecule has 34 heavy (non-hydrogen) atoms. The number of benzene rings is 3. The van der Waals surface area contributed by atoms with Crippen LogP contribution in [0.3, 0.4) is 0 Å². The van der Waals surface area contributed by atoms with Crippen molar-refractivity contribution in [2.24, 2.45) is 0 Å². The third-order valence-corrected chi connectivity index (χ3v) is 6.65. The lowest BCUT2D eigenvalue weighted by atomic mass is 9.81. The molecule has 0 spiro atoms. The van der Waals surface area contributed by atoms with Crippen molar-refractivity contribution < 1.29 is 14.6 Å². The van der Waals surface area contributed by atoms with Gasteiger partial charge in [0, 0.05) is 16.8 Å². The van der Waals surface area contributed by atoms with Crippen LogP contribution in [-0.4, -0.2) is 16.7 Å². The zero-order valence-electron chi connectivity index (χ0n) is 21.9. The standard InChI is InChI=1S/C30H37NO3/c1-16-10-12-22(14-18(16)3)24-20(5)25(23-13-11-17(2)19(4)15-23)27(31)21(6)26(24)28(29(32)33)34-30(7,8)9/h10-15,28H,31H2,1-9H3,(H,32,33). The molecular formula is C30H37NO3. The van der Waals surface area contributed by atoms with Gasteiger partial charge >= 0.3 is 5.97 Å². The molecule has 3 rings (SSSR count). The van der Waals surface area contributed by atoms with Gasteiger partial charge in [-0.25, -0.2) is 4.79 Å². The molecule has 0 amide bonds. The fourth-order valence-electron chi connectivity index (χ4n) is 4.50. The average molecular weight is 460 g/mol. The number of carboxylic acids is 1. The van der Waals surface area contributed by atoms with Gasteiger partial charge in [0.2, 0.25) is 0 Å². The number of carbonyl (C=O) groups is 1. The third kappa shape index (κ3) is 4.88. The lowest BCUT2D eigenvalue weighted by Crippen LogP contribution is -2.28. The Bertz CT molecular complexity index is 1270. The van der Waals surface area contributed by atoms with Crippen LogP contribution in [0.4, 0.5) is 5.69 Å². The largest absolute Gasteiger partial charge is 0.479 e. The summed E-state index contributed by atoms with van der Waals surface area (Å²) >= 11 is 0. The minimum Gasteiger partial charge on any atom is -0.479 e. The highest BCUT2D eigenvalue weighted by Gasteiger charge is 2.33. The summed E-state index contributed by atoms with van der Waals surface area (Å²) in [5.74, 6) is -1.03. The van der Waals surface area contributed by atoms with Gasteiger partial charge in [-0.2, -0.15) is 0 Å². The van der Waals surface area contributed by atoms with Gasteiger partial charge in [-0.3, -0.25) is 0 Å². The normalized spacial score (nSPS) is 12.6. The zero-order valence-corrected chi connectivity index (χ0v) is 21.9. The van der Waals surface area contributed by atoms with E-state index in [2.05, 4.69) is 64.1 Å². The van der Waals surface area contributed by atoms with Gasteiger partial charge in [0.15, 0.2) is 6.10 Å². The number of rotatable bonds is 5. The van der Waals surface area contributed by atoms with E-state index in [1.807, 2.05) is 34.6 Å². The van der Waals surface area contributed by atoms with Crippen LogP contribution in [-0.2, 0) is 9.53 Å². The molecule has 1 atom stereocenters. The fourth-order valence-corrected chi connectivity index (χ4v) is 4.50. The van der Waals surface area contributed by atoms with Crippen molar-refractivity contribution in [2.45, 2.75) is 74.0 Å². The van der Waals surface area contributed by atoms with Crippen molar-refractivity contribution in [3.05, 3.63) is 75.3 Å². The predicted octanol–water partition coefficient (Wildman–Crippen LogP) is 7.39. The second-order valence-electron chi connectivity index (χ2n) is 10.4. The Morgan fingerprint density at radius 1 is 0.794 bits per heavy atom. The van der Waals surface area contributed by atoms with E-state index in [0.29, 0.717) is 11.3 Å². The molecule has 3 aromatic carbocycles. The van der Waals surface area contributed by atoms with E-state index in [1.54, 1.807) is 0 Å². The maximum atomic E-state index is 12.5. The highest BCUT2D eigenvalue weighted by atomic mass is 16.5. The lowest BCUT2D eigenvalue weighted by molar-refractivity contribution is -0.160. The summed E-state index contributed by atoms with van der Waals surface area (Å²) in [5, 5.41) is 10.3. The molecule has 0 aliphatic rings. The number of nitrogens with two attached hydrogens (primary N) is 1. The predicted molar refractivity (Wildman–Crippen MR) is 141 cm³/mol. The van der Waals surface area contributed by atoms with Gasteiger partial charge < -0.3 is 15.6 Å². The van der Waals surface area contributed by atoms with Crippen LogP contribution >= 0.6 is 0 Å². The molecule has 0 bridgehead atoms. The van der Waals surface area contributed by atoms with Gasteiger partial charge in [-0.1, -0.05) is 36.4 Å². The van der Waals surface area contributed by atoms with Crippen LogP contribution in [0, 0.1) is 41.5 Å². The van der Waals surface area contributed by atoms with Crippen LogP contribution in [0.5, 0.6) is 0 Å². The SMILES string of the molecule is Cc1ccc(-c2c(C)c(-c3ccc(C)c(C)c3)c(C(OC(C)(C)C)C(=O)O)c(C)c2N)cc1C. The molecule has 180 valence electrons. The molecule has 3 N–H and O–H groups in total. The molecule has 0 saturated heterocycles. The van der Waals surface area contributed by atoms with Gasteiger partial charge in [0.1, 0.15) is 0 Å². The Balaban J connectivity index is 2.47. The summed E-state index contributed by atoms with van der Waals surface area (Å²) in [6, 6.07) is 12.6. The summed E-state index contributed by atoms with van der Waals surface area (Å²) in [6.45, 7) is 17.9. The molecule has 0 aliphatic heterocycles. The van der Waals surface area contributed by atoms with Crippen molar-refractivity contribution >= 4 is 11.7 Å². The van der Waals surface area contributed by atoms with Gasteiger partial charge in [-0.05, 0) is 112 Å². The van der Waals surface area contributed by atoms with Crippen LogP contribution in [0.25, 0.3) is 22.3 Å². The molecule has 4 nitrogen and oxygen atoms in total. The van der Waals surface area contributed by atoms with E-state index in [1.165, 1.54) is 16.7 Å². The van der Waals surface area contributed by atoms with Crippen LogP contribution < -0.4 is 5.73 Å². The Morgan fingerprint density at radius 2 is 1.26 bits per heavy atom. The first-order valence-corrected chi connectivity index (χ1v) is 11.7. The average Bonchev–Trinajstić information content (AvgIpc) is 2.73. The number of nitrogen functional groups attached to an aromatic ring is 1. The molecule has 1 unspecified atom stereocenters. The maximum Gasteiger partial charge on any atom is 0.337 e. The highest BCUT2D eigenvalue weighted by molar-refractivity contribution is 5.93. The Labute approximate surface area is 203 Å². The number of aryl methyl sites for hydroxylation is 4. The van der Waals surface area contributed by atoms with Crippen LogP contribution in [0.1, 0.15) is 65.8 Å². The number of hydrogen-bond donors (Lipinski definition) is 2. The number of anilines is 1. The van der Waals surface area contributed by atoms with Gasteiger partial charge in [-0.15, -0.1) is 0 Å². The molecule has 0 aliphatic carbocycles. The summed E-state index contributed by atoms with van der Waals surface area (Å²) in [7, 11) is 0. The number of hydrogen-bond acceptors (Lipinski definition) is 3. The Hall–Kier alpha value is -3.11. The van der Waals surface area contributed by atoms with Gasteiger partial charge in [0.25, 0.3) is 0 Å². The first-order chi connectivity index (χ1) is 15.7. The molecule has 3 aromatic rings. The fraction of sp³-hybridized carbons (Fsp3) is 0.367. The van der Waals surface area contributed by atoms with Crippen molar-refractivity contribution in [3.63, 3.8) is 0 Å². The summed E-state index contributed by atoms with van der Waals surface area (Å²) in [5.41, 5.74) is 17.6. The first kappa shape index (κ1) is 25.5. The van der Waals surface area contributed by atoms with E-state index in [9.17, 15) is 9.90 Å². The van der Waals surface area contributed by atoms with E-state index in [0.717, 1.165) is 38.9 Å². The molecule has 0 aromatic heterocycles. The monoisotopic (exact) mass is 459 g/mol. The summed E-state index contributed by atoms with van der Waals surface area (Å²) < 4.78 is 6.12. The molecule has 0 radical (unpaired) electrons. The van der Waals surface area contributed by atoms with Crippen molar-refractivity contribution in [2.75, 3.05) is 5.73 Å². The number of aliphatic carboxylic acids is 1. The van der Waals surface area contributed by atoms with Gasteiger partial charge in [0.05, 0.1) is 5.60 Å². The lowest BCUT2D eigenvalue weighted by Gasteiger charge is -2.30. The van der Waals surface area contributed by atoms with E-state index < -0.39 is 17.7 Å². The van der Waals surface area contributed by atoms with Crippen molar-refractivity contribution in [3.8, 4) is 22.3 Å². The molecule has 0 heterocycles. The minimum atomic E-state index is -1.15. The molecule has 4 heteroatoms. The second kappa shape index (κ2) is 9.27. The topological polar surface area (TPSA) is 72.5 Å². The van der Waals surface area contributed by atoms with Crippen LogP contribution in [0.15, 0.2) is 36.4 Å². The number of ether oxygens (including phenoxy) is 1. The Morgan fingerprint density at radius 3 is 1.68 bits per heavy atom. The minimum absolute atomic E-state index is 0.590. The molecule has 0 fully saturated rings. The van der Waals surface area contributed by atoms with E-state index in [4.69, 9.17) is 10.5 Å². The highest BCUT2D eigenvalue weighted by Crippen LogP contribution is 2.46. The molecular weight excluding hydrogens is 422 g/mol. The van der Waals surface area contributed by atoms with Crippen molar-refractivity contribution in [1.29, 1.82) is 0 Å². The first-order valence-electron chi connectivity index (χ1n) is 11.7. The zero-order chi connectivity index (χ0) is 25.5. The molecule has 0 saturated carbocycles. The third-order valence-electron chi connectivity index (χ3n) is 6.65. The van der Waals surface area contributed by atoms with E-state index >= 15 is 0 Å². The van der Waals surface area contributed by atoms with Crippen molar-refractivity contribution in [1.82, 2.24) is 0 Å².